The number of hydrogen-bond acceptors (Lipinski definition) is 4. The van der Waals surface area contributed by atoms with Gasteiger partial charge in [-0.2, -0.15) is 6.07 Å². The van der Waals surface area contributed by atoms with Gasteiger partial charge in [-0.3, -0.25) is 0 Å². The maximum absolute atomic E-state index is 14.6. The molecule has 0 unspecified atom stereocenters. The van der Waals surface area contributed by atoms with Crippen molar-refractivity contribution in [3.05, 3.63) is 223 Å². The van der Waals surface area contributed by atoms with Crippen molar-refractivity contribution in [1.82, 2.24) is 9.55 Å². The zero-order chi connectivity index (χ0) is 52.2. The largest absolute Gasteiger partial charge is 0.509 e. The minimum Gasteiger partial charge on any atom is -0.509 e. The minimum atomic E-state index is -0.304. The van der Waals surface area contributed by atoms with Crippen LogP contribution in [0.25, 0.3) is 61.0 Å². The summed E-state index contributed by atoms with van der Waals surface area (Å²) >= 11 is 0. The first-order valence-corrected chi connectivity index (χ1v) is 27.6. The molecule has 0 radical (unpaired) electrons. The molecule has 0 atom stereocenters. The van der Waals surface area contributed by atoms with Crippen LogP contribution in [-0.2, 0) is 26.5 Å². The van der Waals surface area contributed by atoms with E-state index in [1.165, 1.54) is 111 Å². The third-order valence-electron chi connectivity index (χ3n) is 16.4. The van der Waals surface area contributed by atoms with Gasteiger partial charge < -0.3 is 19.1 Å². The molecule has 2 aliphatic carbocycles. The van der Waals surface area contributed by atoms with Crippen LogP contribution in [0.4, 0.5) is 31.5 Å². The van der Waals surface area contributed by atoms with Gasteiger partial charge in [-0.1, -0.05) is 156 Å². The van der Waals surface area contributed by atoms with E-state index in [0.717, 1.165) is 78.2 Å². The summed E-state index contributed by atoms with van der Waals surface area (Å²) in [7, 11) is 0. The van der Waals surface area contributed by atoms with Crippen LogP contribution in [0.3, 0.4) is 0 Å². The number of hydrogen-bond donors (Lipinski definition) is 0. The number of ether oxygens (including phenoxy) is 1. The van der Waals surface area contributed by atoms with Crippen molar-refractivity contribution in [3.63, 3.8) is 0 Å². The molecular formula is C70H61F2N4OPt-3. The molecule has 8 aromatic carbocycles. The molecule has 0 amide bonds. The molecule has 0 saturated heterocycles. The number of pyridine rings is 1. The van der Waals surface area contributed by atoms with Crippen LogP contribution in [0.1, 0.15) is 114 Å². The minimum absolute atomic E-state index is 0. The molecule has 5 nitrogen and oxygen atoms in total. The van der Waals surface area contributed by atoms with Gasteiger partial charge in [0, 0.05) is 72.5 Å². The average Bonchev–Trinajstić information content (AvgIpc) is 4.21. The third kappa shape index (κ3) is 9.74. The fourth-order valence-electron chi connectivity index (χ4n) is 12.6. The molecule has 0 N–H and O–H groups in total. The molecule has 3 aliphatic rings. The Labute approximate surface area is 471 Å². The smallest absolute Gasteiger partial charge is 0.135 e. The van der Waals surface area contributed by atoms with Crippen molar-refractivity contribution < 1.29 is 34.6 Å². The van der Waals surface area contributed by atoms with Gasteiger partial charge in [0.25, 0.3) is 0 Å². The summed E-state index contributed by atoms with van der Waals surface area (Å²) in [6.07, 6.45) is 14.1. The van der Waals surface area contributed by atoms with Gasteiger partial charge in [0.2, 0.25) is 0 Å². The summed E-state index contributed by atoms with van der Waals surface area (Å²) in [6.45, 7) is 8.84. The van der Waals surface area contributed by atoms with Crippen LogP contribution >= 0.6 is 0 Å². The molecule has 0 spiro atoms. The Hall–Kier alpha value is -7.34. The molecule has 2 saturated carbocycles. The zero-order valence-electron chi connectivity index (χ0n) is 44.3. The van der Waals surface area contributed by atoms with E-state index in [9.17, 15) is 8.78 Å². The summed E-state index contributed by atoms with van der Waals surface area (Å²) in [5, 5.41) is 2.19. The second kappa shape index (κ2) is 21.5. The molecule has 0 bridgehead atoms. The fourth-order valence-corrected chi connectivity index (χ4v) is 12.6. The predicted octanol–water partition coefficient (Wildman–Crippen LogP) is 19.7. The number of aromatic nitrogens is 2. The van der Waals surface area contributed by atoms with Crippen LogP contribution in [-0.4, -0.2) is 9.55 Å². The Morgan fingerprint density at radius 2 is 1.14 bits per heavy atom. The molecule has 2 fully saturated rings. The summed E-state index contributed by atoms with van der Waals surface area (Å²) in [5.41, 5.74) is 15.5. The Morgan fingerprint density at radius 3 is 1.77 bits per heavy atom. The SMILES string of the molecule is CC(C)(C)c1ccnc(-n2c3[c-]c(Oc4[c-]c(N5[CH-]N(c6c(-c7ccc(F)cc7)cccc6-c6ccc(F)cc6)c6ccccc65)cc(-c5c(C6CCCCC6)cccc5C5CCCCC5)c4)ccc3c3ccccc32)c1.[Pt]. The Bertz CT molecular complexity index is 3710. The van der Waals surface area contributed by atoms with E-state index in [1.807, 2.05) is 42.6 Å². The van der Waals surface area contributed by atoms with Crippen molar-refractivity contribution in [2.75, 3.05) is 9.80 Å². The van der Waals surface area contributed by atoms with E-state index < -0.39 is 0 Å². The maximum Gasteiger partial charge on any atom is 0.135 e. The summed E-state index contributed by atoms with van der Waals surface area (Å²) in [4.78, 5) is 9.40. The molecule has 3 heterocycles. The monoisotopic (exact) mass is 1210 g/mol. The van der Waals surface area contributed by atoms with Crippen LogP contribution in [0.15, 0.2) is 176 Å². The van der Waals surface area contributed by atoms with Gasteiger partial charge in [-0.15, -0.1) is 53.6 Å². The van der Waals surface area contributed by atoms with Crippen molar-refractivity contribution in [1.29, 1.82) is 0 Å². The standard InChI is InChI=1S/C70H61F2N4O.Pt/c1-70(2,3)51-38-39-73-67(42-51)76-63-25-11-10-20-61(63)62-37-36-55(44-66(62)76)77-56-41-50(68-57(46-16-6-4-7-17-46)21-14-22-58(68)47-18-8-5-9-19-47)40-54(43-56)74-45-75(65-27-13-12-26-64(65)74)69-59(48-28-32-52(71)33-29-48)23-15-24-60(69)49-30-34-53(72)35-31-49;/h10-15,20-42,45-47H,4-9,16-19H2,1-3H3;/q-3;. The molecule has 78 heavy (non-hydrogen) atoms. The van der Waals surface area contributed by atoms with E-state index in [0.29, 0.717) is 23.3 Å². The normalized spacial score (nSPS) is 15.2. The predicted molar refractivity (Wildman–Crippen MR) is 311 cm³/mol. The maximum atomic E-state index is 14.6. The first-order chi connectivity index (χ1) is 37.6. The first-order valence-electron chi connectivity index (χ1n) is 27.6. The molecule has 13 rings (SSSR count). The third-order valence-corrected chi connectivity index (χ3v) is 16.4. The van der Waals surface area contributed by atoms with Gasteiger partial charge in [0.15, 0.2) is 0 Å². The van der Waals surface area contributed by atoms with Crippen molar-refractivity contribution in [2.45, 2.75) is 102 Å². The Morgan fingerprint density at radius 1 is 0.551 bits per heavy atom. The van der Waals surface area contributed by atoms with E-state index >= 15 is 0 Å². The van der Waals surface area contributed by atoms with E-state index in [1.54, 1.807) is 0 Å². The number of halogens is 2. The van der Waals surface area contributed by atoms with Crippen molar-refractivity contribution in [3.8, 4) is 50.7 Å². The molecule has 10 aromatic rings. The second-order valence-corrected chi connectivity index (χ2v) is 22.4. The van der Waals surface area contributed by atoms with Crippen LogP contribution in [0, 0.1) is 30.4 Å². The van der Waals surface area contributed by atoms with Gasteiger partial charge in [-0.25, -0.2) is 13.8 Å². The summed E-state index contributed by atoms with van der Waals surface area (Å²) in [6, 6.07) is 64.1. The number of anilines is 4. The average molecular weight is 1210 g/mol. The number of nitrogens with zero attached hydrogens (tertiary/aromatic N) is 4. The van der Waals surface area contributed by atoms with Crippen LogP contribution in [0.5, 0.6) is 11.5 Å². The van der Waals surface area contributed by atoms with Crippen LogP contribution < -0.4 is 14.5 Å². The molecular weight excluding hydrogens is 1150 g/mol. The summed E-state index contributed by atoms with van der Waals surface area (Å²) in [5.74, 6) is 2.31. The molecule has 8 heteroatoms. The molecule has 1 aliphatic heterocycles. The Balaban J connectivity index is 0.00000609. The van der Waals surface area contributed by atoms with E-state index in [2.05, 4.69) is 163 Å². The topological polar surface area (TPSA) is 33.5 Å². The van der Waals surface area contributed by atoms with Gasteiger partial charge in [-0.05, 0) is 136 Å². The molecule has 2 aromatic heterocycles. The second-order valence-electron chi connectivity index (χ2n) is 22.4. The van der Waals surface area contributed by atoms with E-state index in [-0.39, 0.29) is 38.1 Å². The number of para-hydroxylation sites is 4. The van der Waals surface area contributed by atoms with Crippen molar-refractivity contribution >= 4 is 44.6 Å². The Kier molecular flexibility index (Phi) is 14.2. The van der Waals surface area contributed by atoms with Crippen LogP contribution in [0.2, 0.25) is 0 Å². The van der Waals surface area contributed by atoms with E-state index in [4.69, 9.17) is 9.72 Å². The van der Waals surface area contributed by atoms with Gasteiger partial charge in [0.05, 0.1) is 0 Å². The summed E-state index contributed by atoms with van der Waals surface area (Å²) < 4.78 is 38.6. The number of benzene rings is 8. The number of rotatable bonds is 10. The molecule has 394 valence electrons. The zero-order valence-corrected chi connectivity index (χ0v) is 46.6. The van der Waals surface area contributed by atoms with Gasteiger partial charge >= 0.3 is 0 Å². The van der Waals surface area contributed by atoms with Gasteiger partial charge in [0.1, 0.15) is 17.5 Å². The number of fused-ring (bicyclic) bond motifs is 4. The van der Waals surface area contributed by atoms with Crippen molar-refractivity contribution in [2.24, 2.45) is 0 Å². The first kappa shape index (κ1) is 51.4. The quantitative estimate of drug-likeness (QED) is 0.128. The fraction of sp³-hybridized carbons (Fsp3) is 0.229.